The van der Waals surface area contributed by atoms with Crippen LogP contribution in [-0.4, -0.2) is 21.5 Å². The van der Waals surface area contributed by atoms with Gasteiger partial charge in [-0.15, -0.1) is 0 Å². The molecule has 2 aromatic rings. The average Bonchev–Trinajstić information content (AvgIpc) is 2.47. The van der Waals surface area contributed by atoms with Crippen molar-refractivity contribution in [3.05, 3.63) is 54.2 Å². The molecular weight excluding hydrogens is 301 g/mol. The average molecular weight is 314 g/mol. The molecule has 2 rings (SSSR count). The monoisotopic (exact) mass is 314 g/mol. The molecule has 0 saturated heterocycles. The summed E-state index contributed by atoms with van der Waals surface area (Å²) in [7, 11) is -1.26. The van der Waals surface area contributed by atoms with Crippen molar-refractivity contribution in [1.29, 1.82) is 0 Å². The fourth-order valence-corrected chi connectivity index (χ4v) is 2.71. The summed E-state index contributed by atoms with van der Waals surface area (Å²) < 4.78 is 50.2. The second kappa shape index (κ2) is 6.71. The van der Waals surface area contributed by atoms with Crippen LogP contribution in [0.5, 0.6) is 0 Å². The molecule has 0 saturated carbocycles. The van der Waals surface area contributed by atoms with E-state index in [0.29, 0.717) is 4.90 Å². The summed E-state index contributed by atoms with van der Waals surface area (Å²) in [6.45, 7) is 0.140. The zero-order valence-corrected chi connectivity index (χ0v) is 11.7. The van der Waals surface area contributed by atoms with Crippen LogP contribution in [0.25, 0.3) is 0 Å². The van der Waals surface area contributed by atoms with Crippen LogP contribution in [0, 0.1) is 0 Å². The normalized spacial score (nSPS) is 12.9. The summed E-state index contributed by atoms with van der Waals surface area (Å²) in [6.07, 6.45) is -3.18. The van der Waals surface area contributed by atoms with Crippen molar-refractivity contribution in [2.75, 3.05) is 17.6 Å². The molecule has 0 fully saturated rings. The molecule has 1 aromatic carbocycles. The van der Waals surface area contributed by atoms with Crippen LogP contribution in [0.4, 0.5) is 19.0 Å². The molecule has 0 amide bonds. The molecule has 0 radical (unpaired) electrons. The number of benzene rings is 1. The van der Waals surface area contributed by atoms with E-state index in [1.807, 2.05) is 6.07 Å². The lowest BCUT2D eigenvalue weighted by Gasteiger charge is -2.12. The van der Waals surface area contributed by atoms with E-state index < -0.39 is 22.5 Å². The lowest BCUT2D eigenvalue weighted by molar-refractivity contribution is -0.137. The van der Waals surface area contributed by atoms with Crippen molar-refractivity contribution in [3.8, 4) is 0 Å². The van der Waals surface area contributed by atoms with Crippen molar-refractivity contribution in [2.24, 2.45) is 0 Å². The Kier molecular flexibility index (Phi) is 4.95. The Labute approximate surface area is 122 Å². The van der Waals surface area contributed by atoms with E-state index in [2.05, 4.69) is 10.3 Å². The second-order valence-electron chi connectivity index (χ2n) is 4.19. The van der Waals surface area contributed by atoms with Gasteiger partial charge in [-0.05, 0) is 24.3 Å². The zero-order valence-electron chi connectivity index (χ0n) is 10.9. The van der Waals surface area contributed by atoms with Gasteiger partial charge in [-0.3, -0.25) is 4.21 Å². The van der Waals surface area contributed by atoms with Crippen LogP contribution < -0.4 is 5.32 Å². The number of halogens is 3. The van der Waals surface area contributed by atoms with Crippen LogP contribution in [0.15, 0.2) is 53.6 Å². The fourth-order valence-electron chi connectivity index (χ4n) is 1.73. The first-order valence-corrected chi connectivity index (χ1v) is 7.50. The maximum absolute atomic E-state index is 12.8. The van der Waals surface area contributed by atoms with Gasteiger partial charge in [0.15, 0.2) is 0 Å². The summed E-state index contributed by atoms with van der Waals surface area (Å²) in [5, 5.41) is 2.60. The van der Waals surface area contributed by atoms with E-state index >= 15 is 0 Å². The Bertz CT molecular complexity index is 617. The van der Waals surface area contributed by atoms with Gasteiger partial charge in [0.05, 0.1) is 16.4 Å². The Morgan fingerprint density at radius 1 is 1.10 bits per heavy atom. The van der Waals surface area contributed by atoms with Gasteiger partial charge in [0.2, 0.25) is 0 Å². The summed E-state index contributed by atoms with van der Waals surface area (Å²) in [4.78, 5) is 4.33. The standard InChI is InChI=1S/C14H13F3N2OS/c15-14(16,17)12-7-4-8-18-13(12)19-9-10-21(20)11-5-2-1-3-6-11/h1-8H,9-10H2,(H,18,19). The first-order valence-electron chi connectivity index (χ1n) is 6.18. The smallest absolute Gasteiger partial charge is 0.369 e. The lowest BCUT2D eigenvalue weighted by atomic mass is 10.2. The van der Waals surface area contributed by atoms with Gasteiger partial charge in [0.25, 0.3) is 0 Å². The van der Waals surface area contributed by atoms with E-state index in [9.17, 15) is 17.4 Å². The van der Waals surface area contributed by atoms with Crippen LogP contribution in [0.2, 0.25) is 0 Å². The van der Waals surface area contributed by atoms with Gasteiger partial charge in [-0.25, -0.2) is 4.98 Å². The van der Waals surface area contributed by atoms with E-state index in [4.69, 9.17) is 0 Å². The van der Waals surface area contributed by atoms with Crippen LogP contribution in [-0.2, 0) is 17.0 Å². The summed E-state index contributed by atoms with van der Waals surface area (Å²) in [5.74, 6) is -0.0344. The Morgan fingerprint density at radius 2 is 1.81 bits per heavy atom. The Balaban J connectivity index is 1.97. The molecule has 21 heavy (non-hydrogen) atoms. The number of rotatable bonds is 5. The van der Waals surface area contributed by atoms with Crippen molar-refractivity contribution in [1.82, 2.24) is 4.98 Å². The van der Waals surface area contributed by atoms with E-state index in [0.717, 1.165) is 6.07 Å². The van der Waals surface area contributed by atoms with Crippen LogP contribution in [0.1, 0.15) is 5.56 Å². The summed E-state index contributed by atoms with van der Waals surface area (Å²) >= 11 is 0. The minimum Gasteiger partial charge on any atom is -0.369 e. The first kappa shape index (κ1) is 15.5. The third-order valence-corrected chi connectivity index (χ3v) is 4.07. The molecule has 7 heteroatoms. The topological polar surface area (TPSA) is 42.0 Å². The van der Waals surface area contributed by atoms with Gasteiger partial charge >= 0.3 is 6.18 Å². The summed E-state index contributed by atoms with van der Waals surface area (Å²) in [5.41, 5.74) is -0.824. The van der Waals surface area contributed by atoms with Gasteiger partial charge < -0.3 is 5.32 Å². The minimum absolute atomic E-state index is 0.140. The highest BCUT2D eigenvalue weighted by Gasteiger charge is 2.33. The van der Waals surface area contributed by atoms with Crippen molar-refractivity contribution in [3.63, 3.8) is 0 Å². The highest BCUT2D eigenvalue weighted by atomic mass is 32.2. The molecule has 1 heterocycles. The molecule has 1 unspecified atom stereocenters. The molecule has 0 aliphatic carbocycles. The Hall–Kier alpha value is -1.89. The maximum atomic E-state index is 12.8. The number of aromatic nitrogens is 1. The van der Waals surface area contributed by atoms with Gasteiger partial charge in [-0.1, -0.05) is 18.2 Å². The maximum Gasteiger partial charge on any atom is 0.419 e. The van der Waals surface area contributed by atoms with Gasteiger partial charge in [-0.2, -0.15) is 13.2 Å². The fraction of sp³-hybridized carbons (Fsp3) is 0.214. The molecule has 0 spiro atoms. The predicted octanol–water partition coefficient (Wildman–Crippen LogP) is 3.32. The van der Waals surface area contributed by atoms with Crippen molar-refractivity contribution >= 4 is 16.6 Å². The molecule has 0 aliphatic rings. The highest BCUT2D eigenvalue weighted by Crippen LogP contribution is 2.33. The zero-order chi connectivity index (χ0) is 15.3. The number of alkyl halides is 3. The number of nitrogens with one attached hydrogen (secondary N) is 1. The Morgan fingerprint density at radius 3 is 2.48 bits per heavy atom. The molecular formula is C14H13F3N2OS. The largest absolute Gasteiger partial charge is 0.419 e. The van der Waals surface area contributed by atoms with Crippen LogP contribution >= 0.6 is 0 Å². The van der Waals surface area contributed by atoms with Crippen LogP contribution in [0.3, 0.4) is 0 Å². The van der Waals surface area contributed by atoms with E-state index in [1.54, 1.807) is 24.3 Å². The third-order valence-electron chi connectivity index (χ3n) is 2.70. The van der Waals surface area contributed by atoms with E-state index in [1.165, 1.54) is 12.3 Å². The third kappa shape index (κ3) is 4.29. The summed E-state index contributed by atoms with van der Waals surface area (Å²) in [6, 6.07) is 11.0. The molecule has 1 N–H and O–H groups in total. The van der Waals surface area contributed by atoms with Gasteiger partial charge in [0.1, 0.15) is 5.82 Å². The molecule has 0 bridgehead atoms. The van der Waals surface area contributed by atoms with Gasteiger partial charge in [0, 0.05) is 23.4 Å². The number of nitrogens with zero attached hydrogens (tertiary/aromatic N) is 1. The molecule has 3 nitrogen and oxygen atoms in total. The first-order chi connectivity index (χ1) is 9.98. The van der Waals surface area contributed by atoms with Crippen molar-refractivity contribution in [2.45, 2.75) is 11.1 Å². The molecule has 1 aromatic heterocycles. The van der Waals surface area contributed by atoms with E-state index in [-0.39, 0.29) is 18.1 Å². The molecule has 1 atom stereocenters. The number of hydrogen-bond acceptors (Lipinski definition) is 3. The molecule has 112 valence electrons. The lowest BCUT2D eigenvalue weighted by Crippen LogP contribution is -2.16. The SMILES string of the molecule is O=S(CCNc1ncccc1C(F)(F)F)c1ccccc1. The predicted molar refractivity (Wildman–Crippen MR) is 75.4 cm³/mol. The second-order valence-corrected chi connectivity index (χ2v) is 5.76. The number of pyridine rings is 1. The highest BCUT2D eigenvalue weighted by molar-refractivity contribution is 7.85. The molecule has 0 aliphatic heterocycles. The number of hydrogen-bond donors (Lipinski definition) is 1. The minimum atomic E-state index is -4.46. The van der Waals surface area contributed by atoms with Crippen molar-refractivity contribution < 1.29 is 17.4 Å². The quantitative estimate of drug-likeness (QED) is 0.920. The number of anilines is 1.